The molecular formula is C13H19N3O2. The summed E-state index contributed by atoms with van der Waals surface area (Å²) in [4.78, 5) is 22.9. The fourth-order valence-corrected chi connectivity index (χ4v) is 1.44. The highest BCUT2D eigenvalue weighted by Crippen LogP contribution is 2.17. The summed E-state index contributed by atoms with van der Waals surface area (Å²) < 4.78 is 0. The van der Waals surface area contributed by atoms with Crippen molar-refractivity contribution in [3.8, 4) is 0 Å². The van der Waals surface area contributed by atoms with E-state index in [0.29, 0.717) is 24.3 Å². The lowest BCUT2D eigenvalue weighted by atomic mass is 10.1. The van der Waals surface area contributed by atoms with E-state index in [4.69, 9.17) is 0 Å². The van der Waals surface area contributed by atoms with Crippen LogP contribution in [0.5, 0.6) is 0 Å². The Morgan fingerprint density at radius 1 is 1.22 bits per heavy atom. The number of hydrogen-bond acceptors (Lipinski definition) is 3. The number of Topliss-reactive ketones (excluding diaryl/α,β-unsaturated/α-hetero) is 1. The first-order chi connectivity index (χ1) is 8.54. The normalized spacial score (nSPS) is 9.94. The second kappa shape index (κ2) is 6.76. The van der Waals surface area contributed by atoms with Crippen LogP contribution in [-0.2, 0) is 0 Å². The van der Waals surface area contributed by atoms with Crippen LogP contribution in [0.15, 0.2) is 18.2 Å². The molecule has 0 radical (unpaired) electrons. The zero-order valence-electron chi connectivity index (χ0n) is 11.0. The summed E-state index contributed by atoms with van der Waals surface area (Å²) >= 11 is 0. The Kier molecular flexibility index (Phi) is 5.32. The number of hydrogen-bond donors (Lipinski definition) is 3. The molecule has 0 spiro atoms. The largest absolute Gasteiger partial charge is 0.337 e. The third kappa shape index (κ3) is 4.18. The van der Waals surface area contributed by atoms with Gasteiger partial charge in [-0.25, -0.2) is 4.79 Å². The van der Waals surface area contributed by atoms with Gasteiger partial charge in [-0.3, -0.25) is 4.79 Å². The van der Waals surface area contributed by atoms with Gasteiger partial charge in [0.2, 0.25) is 0 Å². The van der Waals surface area contributed by atoms with E-state index in [1.54, 1.807) is 12.1 Å². The van der Waals surface area contributed by atoms with Gasteiger partial charge in [-0.05, 0) is 32.5 Å². The summed E-state index contributed by atoms with van der Waals surface area (Å²) in [5, 5.41) is 8.38. The number of aryl methyl sites for hydroxylation is 1. The molecule has 0 atom stereocenters. The van der Waals surface area contributed by atoms with Gasteiger partial charge in [-0.15, -0.1) is 0 Å². The van der Waals surface area contributed by atoms with E-state index in [1.165, 1.54) is 6.92 Å². The van der Waals surface area contributed by atoms with Gasteiger partial charge >= 0.3 is 6.03 Å². The summed E-state index contributed by atoms with van der Waals surface area (Å²) in [6.45, 7) is 4.64. The predicted octanol–water partition coefficient (Wildman–Crippen LogP) is 1.54. The van der Waals surface area contributed by atoms with Crippen molar-refractivity contribution < 1.29 is 9.59 Å². The summed E-state index contributed by atoms with van der Waals surface area (Å²) in [5.41, 5.74) is 2.17. The number of carbonyl (C=O) groups is 2. The van der Waals surface area contributed by atoms with Crippen molar-refractivity contribution in [2.24, 2.45) is 0 Å². The molecule has 1 aromatic carbocycles. The SMILES string of the molecule is CNCCNC(=O)Nc1cc(C(C)=O)ccc1C. The molecule has 18 heavy (non-hydrogen) atoms. The second-order valence-corrected chi connectivity index (χ2v) is 4.07. The first kappa shape index (κ1) is 14.2. The molecule has 0 aliphatic carbocycles. The van der Waals surface area contributed by atoms with E-state index in [2.05, 4.69) is 16.0 Å². The van der Waals surface area contributed by atoms with Crippen molar-refractivity contribution in [1.29, 1.82) is 0 Å². The highest BCUT2D eigenvalue weighted by Gasteiger charge is 2.06. The number of nitrogens with one attached hydrogen (secondary N) is 3. The van der Waals surface area contributed by atoms with Crippen LogP contribution in [0.4, 0.5) is 10.5 Å². The van der Waals surface area contributed by atoms with E-state index < -0.39 is 0 Å². The summed E-state index contributed by atoms with van der Waals surface area (Å²) in [5.74, 6) is -0.0198. The first-order valence-electron chi connectivity index (χ1n) is 5.85. The monoisotopic (exact) mass is 249 g/mol. The number of benzene rings is 1. The van der Waals surface area contributed by atoms with Gasteiger partial charge in [-0.1, -0.05) is 12.1 Å². The Hall–Kier alpha value is -1.88. The molecule has 0 aliphatic heterocycles. The average Bonchev–Trinajstić information content (AvgIpc) is 2.32. The van der Waals surface area contributed by atoms with Crippen LogP contribution in [0.2, 0.25) is 0 Å². The molecular weight excluding hydrogens is 230 g/mol. The lowest BCUT2D eigenvalue weighted by Gasteiger charge is -2.10. The Labute approximate surface area is 107 Å². The molecule has 5 heteroatoms. The lowest BCUT2D eigenvalue weighted by molar-refractivity contribution is 0.101. The van der Waals surface area contributed by atoms with Crippen LogP contribution in [0.25, 0.3) is 0 Å². The summed E-state index contributed by atoms with van der Waals surface area (Å²) in [6.07, 6.45) is 0. The van der Waals surface area contributed by atoms with Crippen LogP contribution < -0.4 is 16.0 Å². The molecule has 3 N–H and O–H groups in total. The second-order valence-electron chi connectivity index (χ2n) is 4.07. The Morgan fingerprint density at radius 2 is 1.94 bits per heavy atom. The number of rotatable bonds is 5. The Balaban J connectivity index is 2.68. The molecule has 0 saturated heterocycles. The molecule has 98 valence electrons. The maximum Gasteiger partial charge on any atom is 0.319 e. The summed E-state index contributed by atoms with van der Waals surface area (Å²) in [6, 6.07) is 4.99. The Morgan fingerprint density at radius 3 is 2.56 bits per heavy atom. The molecule has 5 nitrogen and oxygen atoms in total. The van der Waals surface area contributed by atoms with Gasteiger partial charge in [0.15, 0.2) is 5.78 Å². The predicted molar refractivity (Wildman–Crippen MR) is 72.1 cm³/mol. The minimum atomic E-state index is -0.269. The number of likely N-dealkylation sites (N-methyl/N-ethyl adjacent to an activating group) is 1. The van der Waals surface area contributed by atoms with Gasteiger partial charge in [0.05, 0.1) is 0 Å². The average molecular weight is 249 g/mol. The molecule has 0 saturated carbocycles. The molecule has 0 bridgehead atoms. The van der Waals surface area contributed by atoms with Gasteiger partial charge in [0.25, 0.3) is 0 Å². The van der Waals surface area contributed by atoms with Crippen LogP contribution in [-0.4, -0.2) is 32.0 Å². The van der Waals surface area contributed by atoms with Crippen molar-refractivity contribution in [2.45, 2.75) is 13.8 Å². The van der Waals surface area contributed by atoms with Crippen molar-refractivity contribution in [3.05, 3.63) is 29.3 Å². The van der Waals surface area contributed by atoms with E-state index in [0.717, 1.165) is 5.56 Å². The van der Waals surface area contributed by atoms with Crippen LogP contribution >= 0.6 is 0 Å². The molecule has 1 rings (SSSR count). The Bertz CT molecular complexity index is 444. The maximum absolute atomic E-state index is 11.6. The number of anilines is 1. The zero-order valence-corrected chi connectivity index (χ0v) is 11.0. The van der Waals surface area contributed by atoms with Gasteiger partial charge < -0.3 is 16.0 Å². The number of carbonyl (C=O) groups excluding carboxylic acids is 2. The van der Waals surface area contributed by atoms with Crippen molar-refractivity contribution >= 4 is 17.5 Å². The third-order valence-corrected chi connectivity index (χ3v) is 2.55. The van der Waals surface area contributed by atoms with Gasteiger partial charge in [-0.2, -0.15) is 0 Å². The first-order valence-corrected chi connectivity index (χ1v) is 5.85. The molecule has 1 aromatic rings. The smallest absolute Gasteiger partial charge is 0.319 e. The molecule has 0 aliphatic rings. The molecule has 0 aromatic heterocycles. The minimum Gasteiger partial charge on any atom is -0.337 e. The molecule has 0 fully saturated rings. The van der Waals surface area contributed by atoms with Crippen molar-refractivity contribution in [3.63, 3.8) is 0 Å². The standard InChI is InChI=1S/C13H19N3O2/c1-9-4-5-11(10(2)17)8-12(9)16-13(18)15-7-6-14-3/h4-5,8,14H,6-7H2,1-3H3,(H2,15,16,18). The fraction of sp³-hybridized carbons (Fsp3) is 0.385. The van der Waals surface area contributed by atoms with Crippen LogP contribution in [0.3, 0.4) is 0 Å². The van der Waals surface area contributed by atoms with E-state index in [-0.39, 0.29) is 11.8 Å². The maximum atomic E-state index is 11.6. The molecule has 0 unspecified atom stereocenters. The third-order valence-electron chi connectivity index (χ3n) is 2.55. The van der Waals surface area contributed by atoms with E-state index in [1.807, 2.05) is 20.0 Å². The quantitative estimate of drug-likeness (QED) is 0.547. The van der Waals surface area contributed by atoms with E-state index in [9.17, 15) is 9.59 Å². The highest BCUT2D eigenvalue weighted by atomic mass is 16.2. The number of amides is 2. The van der Waals surface area contributed by atoms with Gasteiger partial charge in [0, 0.05) is 24.3 Å². The van der Waals surface area contributed by atoms with Crippen LogP contribution in [0, 0.1) is 6.92 Å². The minimum absolute atomic E-state index is 0.0198. The van der Waals surface area contributed by atoms with E-state index >= 15 is 0 Å². The number of ketones is 1. The van der Waals surface area contributed by atoms with Crippen molar-refractivity contribution in [1.82, 2.24) is 10.6 Å². The van der Waals surface area contributed by atoms with Crippen LogP contribution in [0.1, 0.15) is 22.8 Å². The summed E-state index contributed by atoms with van der Waals surface area (Å²) in [7, 11) is 1.82. The number of urea groups is 1. The lowest BCUT2D eigenvalue weighted by Crippen LogP contribution is -2.34. The zero-order chi connectivity index (χ0) is 13.5. The van der Waals surface area contributed by atoms with Crippen molar-refractivity contribution in [2.75, 3.05) is 25.5 Å². The fourth-order valence-electron chi connectivity index (χ4n) is 1.44. The highest BCUT2D eigenvalue weighted by molar-refractivity contribution is 5.97. The molecule has 0 heterocycles. The molecule has 2 amide bonds. The van der Waals surface area contributed by atoms with Gasteiger partial charge in [0.1, 0.15) is 0 Å². The topological polar surface area (TPSA) is 70.2 Å².